The van der Waals surface area contributed by atoms with Gasteiger partial charge in [0.15, 0.2) is 0 Å². The summed E-state index contributed by atoms with van der Waals surface area (Å²) in [7, 11) is 0. The van der Waals surface area contributed by atoms with Crippen LogP contribution in [0.25, 0.3) is 0 Å². The van der Waals surface area contributed by atoms with Crippen molar-refractivity contribution < 1.29 is 9.47 Å². The second-order valence-electron chi connectivity index (χ2n) is 7.18. The van der Waals surface area contributed by atoms with E-state index in [1.54, 1.807) is 0 Å². The molecule has 1 saturated carbocycles. The molecule has 20 heavy (non-hydrogen) atoms. The van der Waals surface area contributed by atoms with E-state index in [4.69, 9.17) is 9.47 Å². The van der Waals surface area contributed by atoms with Gasteiger partial charge in [-0.1, -0.05) is 39.0 Å². The van der Waals surface area contributed by atoms with Gasteiger partial charge in [0, 0.05) is 32.5 Å². The quantitative estimate of drug-likeness (QED) is 0.858. The van der Waals surface area contributed by atoms with Crippen molar-refractivity contribution in [1.82, 2.24) is 5.32 Å². The Balaban J connectivity index is 1.55. The maximum absolute atomic E-state index is 6.61. The first-order chi connectivity index (χ1) is 9.80. The average Bonchev–Trinajstić information content (AvgIpc) is 2.92. The molecule has 3 aliphatic rings. The minimum Gasteiger partial charge on any atom is -0.378 e. The highest BCUT2D eigenvalue weighted by molar-refractivity contribution is 4.94. The zero-order valence-electron chi connectivity index (χ0n) is 13.0. The first-order valence-electron chi connectivity index (χ1n) is 8.80. The third kappa shape index (κ3) is 3.55. The summed E-state index contributed by atoms with van der Waals surface area (Å²) in [6.45, 7) is 5.20. The summed E-state index contributed by atoms with van der Waals surface area (Å²) >= 11 is 0. The molecule has 1 aliphatic carbocycles. The van der Waals surface area contributed by atoms with Gasteiger partial charge < -0.3 is 14.8 Å². The van der Waals surface area contributed by atoms with Crippen molar-refractivity contribution in [3.05, 3.63) is 0 Å². The highest BCUT2D eigenvalue weighted by Gasteiger charge is 2.42. The summed E-state index contributed by atoms with van der Waals surface area (Å²) in [6, 6.07) is 0. The van der Waals surface area contributed by atoms with Crippen LogP contribution in [0.4, 0.5) is 0 Å². The Kier molecular flexibility index (Phi) is 5.00. The lowest BCUT2D eigenvalue weighted by molar-refractivity contribution is -0.181. The fraction of sp³-hybridized carbons (Fsp3) is 1.00. The molecule has 0 bridgehead atoms. The molecule has 0 radical (unpaired) electrons. The predicted molar refractivity (Wildman–Crippen MR) is 80.9 cm³/mol. The topological polar surface area (TPSA) is 30.5 Å². The van der Waals surface area contributed by atoms with Gasteiger partial charge in [-0.2, -0.15) is 0 Å². The lowest BCUT2D eigenvalue weighted by Crippen LogP contribution is -2.57. The largest absolute Gasteiger partial charge is 0.378 e. The Morgan fingerprint density at radius 2 is 2.05 bits per heavy atom. The van der Waals surface area contributed by atoms with Crippen molar-refractivity contribution in [2.24, 2.45) is 5.92 Å². The lowest BCUT2D eigenvalue weighted by Gasteiger charge is -2.46. The molecule has 3 atom stereocenters. The molecule has 116 valence electrons. The maximum Gasteiger partial charge on any atom is 0.0857 e. The summed E-state index contributed by atoms with van der Waals surface area (Å²) in [5.41, 5.74) is 0.0691. The molecule has 3 unspecified atom stereocenters. The van der Waals surface area contributed by atoms with Crippen LogP contribution in [-0.4, -0.2) is 37.5 Å². The summed E-state index contributed by atoms with van der Waals surface area (Å²) < 4.78 is 12.5. The molecule has 3 fully saturated rings. The fourth-order valence-corrected chi connectivity index (χ4v) is 4.41. The van der Waals surface area contributed by atoms with Crippen molar-refractivity contribution in [3.63, 3.8) is 0 Å². The third-order valence-electron chi connectivity index (χ3n) is 5.43. The van der Waals surface area contributed by atoms with Crippen LogP contribution < -0.4 is 5.32 Å². The van der Waals surface area contributed by atoms with Crippen molar-refractivity contribution in [2.75, 3.05) is 19.7 Å². The molecule has 0 aromatic carbocycles. The Bertz CT molecular complexity index is 297. The summed E-state index contributed by atoms with van der Waals surface area (Å²) in [4.78, 5) is 0. The van der Waals surface area contributed by atoms with Crippen LogP contribution in [0.3, 0.4) is 0 Å². The average molecular weight is 281 g/mol. The van der Waals surface area contributed by atoms with Gasteiger partial charge in [-0.05, 0) is 18.8 Å². The Hall–Kier alpha value is -0.120. The zero-order chi connectivity index (χ0) is 13.8. The first-order valence-corrected chi connectivity index (χ1v) is 8.80. The van der Waals surface area contributed by atoms with Crippen molar-refractivity contribution >= 4 is 0 Å². The highest BCUT2D eigenvalue weighted by Crippen LogP contribution is 2.36. The van der Waals surface area contributed by atoms with Crippen molar-refractivity contribution in [3.8, 4) is 0 Å². The summed E-state index contributed by atoms with van der Waals surface area (Å²) in [5, 5.41) is 3.65. The van der Waals surface area contributed by atoms with Crippen LogP contribution in [0.15, 0.2) is 0 Å². The van der Waals surface area contributed by atoms with Crippen LogP contribution >= 0.6 is 0 Å². The normalized spacial score (nSPS) is 39.5. The summed E-state index contributed by atoms with van der Waals surface area (Å²) in [5.74, 6) is 0.920. The van der Waals surface area contributed by atoms with E-state index in [1.807, 2.05) is 0 Å². The van der Waals surface area contributed by atoms with Gasteiger partial charge in [0.2, 0.25) is 0 Å². The predicted octanol–water partition coefficient (Wildman–Crippen LogP) is 3.27. The van der Waals surface area contributed by atoms with E-state index in [2.05, 4.69) is 12.2 Å². The molecule has 1 N–H and O–H groups in total. The lowest BCUT2D eigenvalue weighted by atomic mass is 9.86. The minimum absolute atomic E-state index is 0.0691. The molecular formula is C17H31NO2. The Morgan fingerprint density at radius 3 is 2.85 bits per heavy atom. The van der Waals surface area contributed by atoms with Crippen molar-refractivity contribution in [2.45, 2.75) is 82.5 Å². The highest BCUT2D eigenvalue weighted by atomic mass is 16.5. The monoisotopic (exact) mass is 281 g/mol. The molecule has 2 aliphatic heterocycles. The second kappa shape index (κ2) is 6.76. The van der Waals surface area contributed by atoms with E-state index >= 15 is 0 Å². The number of ether oxygens (including phenoxy) is 2. The third-order valence-corrected chi connectivity index (χ3v) is 5.43. The molecule has 0 amide bonds. The van der Waals surface area contributed by atoms with Gasteiger partial charge >= 0.3 is 0 Å². The van der Waals surface area contributed by atoms with E-state index in [0.717, 1.165) is 38.5 Å². The number of hydrogen-bond donors (Lipinski definition) is 1. The SMILES string of the molecule is CCCC1CC2(CCO1)CNCC(CC1CCCC1)O2. The van der Waals surface area contributed by atoms with Gasteiger partial charge in [-0.3, -0.25) is 0 Å². The molecule has 1 spiro atoms. The summed E-state index contributed by atoms with van der Waals surface area (Å²) in [6.07, 6.45) is 12.4. The molecule has 0 aromatic heterocycles. The van der Waals surface area contributed by atoms with Crippen molar-refractivity contribution in [1.29, 1.82) is 0 Å². The van der Waals surface area contributed by atoms with E-state index < -0.39 is 0 Å². The molecule has 3 heteroatoms. The number of morpholine rings is 1. The first kappa shape index (κ1) is 14.8. The number of rotatable bonds is 4. The van der Waals surface area contributed by atoms with Gasteiger partial charge in [0.05, 0.1) is 17.8 Å². The molecule has 0 aromatic rings. The van der Waals surface area contributed by atoms with E-state index in [1.165, 1.54) is 44.9 Å². The standard InChI is InChI=1S/C17H31NO2/c1-2-5-15-11-17(8-9-19-15)13-18-12-16(20-17)10-14-6-3-4-7-14/h14-16,18H,2-13H2,1H3. The van der Waals surface area contributed by atoms with Crippen LogP contribution in [-0.2, 0) is 9.47 Å². The van der Waals surface area contributed by atoms with Gasteiger partial charge in [-0.25, -0.2) is 0 Å². The molecule has 2 saturated heterocycles. The van der Waals surface area contributed by atoms with Crippen LogP contribution in [0.1, 0.15) is 64.7 Å². The zero-order valence-corrected chi connectivity index (χ0v) is 13.0. The minimum atomic E-state index is 0.0691. The smallest absolute Gasteiger partial charge is 0.0857 e. The van der Waals surface area contributed by atoms with Gasteiger partial charge in [0.25, 0.3) is 0 Å². The molecule has 3 rings (SSSR count). The van der Waals surface area contributed by atoms with E-state index in [9.17, 15) is 0 Å². The Labute approximate surface area is 123 Å². The maximum atomic E-state index is 6.61. The van der Waals surface area contributed by atoms with Crippen LogP contribution in [0, 0.1) is 5.92 Å². The second-order valence-corrected chi connectivity index (χ2v) is 7.18. The fourth-order valence-electron chi connectivity index (χ4n) is 4.41. The molecule has 3 nitrogen and oxygen atoms in total. The van der Waals surface area contributed by atoms with Gasteiger partial charge in [0.1, 0.15) is 0 Å². The number of hydrogen-bond acceptors (Lipinski definition) is 3. The van der Waals surface area contributed by atoms with E-state index in [-0.39, 0.29) is 5.60 Å². The Morgan fingerprint density at radius 1 is 1.20 bits per heavy atom. The van der Waals surface area contributed by atoms with Crippen LogP contribution in [0.2, 0.25) is 0 Å². The molecular weight excluding hydrogens is 250 g/mol. The van der Waals surface area contributed by atoms with Gasteiger partial charge in [-0.15, -0.1) is 0 Å². The van der Waals surface area contributed by atoms with Crippen LogP contribution in [0.5, 0.6) is 0 Å². The molecule has 2 heterocycles. The van der Waals surface area contributed by atoms with E-state index in [0.29, 0.717) is 12.2 Å². The number of nitrogens with one attached hydrogen (secondary N) is 1.